The number of aryl methyl sites for hydroxylation is 1. The molecule has 0 aromatic carbocycles. The Morgan fingerprint density at radius 1 is 1.64 bits per heavy atom. The molecule has 0 fully saturated rings. The lowest BCUT2D eigenvalue weighted by atomic mass is 10.1. The number of nitrogens with zero attached hydrogens (tertiary/aromatic N) is 2. The van der Waals surface area contributed by atoms with Crippen LogP contribution in [0.2, 0.25) is 0 Å². The highest BCUT2D eigenvalue weighted by Crippen LogP contribution is 2.05. The lowest BCUT2D eigenvalue weighted by Crippen LogP contribution is -2.14. The summed E-state index contributed by atoms with van der Waals surface area (Å²) in [4.78, 5) is 0. The van der Waals surface area contributed by atoms with Crippen LogP contribution in [0.4, 0.5) is 4.39 Å². The molecule has 1 heterocycles. The van der Waals surface area contributed by atoms with Crippen molar-refractivity contribution in [2.24, 2.45) is 0 Å². The van der Waals surface area contributed by atoms with Crippen molar-refractivity contribution in [1.29, 1.82) is 0 Å². The summed E-state index contributed by atoms with van der Waals surface area (Å²) in [5, 5.41) is 13.1. The smallest absolute Gasteiger partial charge is 0.227 e. The van der Waals surface area contributed by atoms with Gasteiger partial charge in [0, 0.05) is 6.54 Å². The molecule has 0 bridgehead atoms. The Kier molecular flexibility index (Phi) is 2.92. The van der Waals surface area contributed by atoms with Crippen molar-refractivity contribution >= 4 is 0 Å². The zero-order chi connectivity index (χ0) is 10.8. The van der Waals surface area contributed by atoms with Crippen molar-refractivity contribution in [2.75, 3.05) is 0 Å². The molecule has 1 aromatic heterocycles. The molecular weight excluding hydrogens is 183 g/mol. The van der Waals surface area contributed by atoms with E-state index in [9.17, 15) is 9.50 Å². The Bertz CT molecular complexity index is 379. The summed E-state index contributed by atoms with van der Waals surface area (Å²) in [7, 11) is 0. The fourth-order valence-electron chi connectivity index (χ4n) is 0.895. The van der Waals surface area contributed by atoms with Gasteiger partial charge in [-0.3, -0.25) is 0 Å². The molecule has 0 radical (unpaired) electrons. The lowest BCUT2D eigenvalue weighted by Gasteiger charge is -2.05. The molecule has 0 saturated heterocycles. The number of hydrogen-bond acceptors (Lipinski definition) is 2. The van der Waals surface area contributed by atoms with Gasteiger partial charge in [0.2, 0.25) is 5.95 Å². The molecule has 76 valence electrons. The summed E-state index contributed by atoms with van der Waals surface area (Å²) in [5.41, 5.74) is -0.894. The van der Waals surface area contributed by atoms with Gasteiger partial charge in [-0.2, -0.15) is 9.49 Å². The van der Waals surface area contributed by atoms with Gasteiger partial charge in [0.15, 0.2) is 0 Å². The Labute approximate surface area is 82.6 Å². The average molecular weight is 196 g/mol. The molecule has 1 N–H and O–H groups in total. The Morgan fingerprint density at radius 3 is 2.71 bits per heavy atom. The van der Waals surface area contributed by atoms with Crippen molar-refractivity contribution in [3.8, 4) is 11.8 Å². The molecule has 0 spiro atoms. The van der Waals surface area contributed by atoms with E-state index in [0.717, 1.165) is 0 Å². The van der Waals surface area contributed by atoms with E-state index in [0.29, 0.717) is 6.54 Å². The summed E-state index contributed by atoms with van der Waals surface area (Å²) in [6.45, 7) is 5.35. The van der Waals surface area contributed by atoms with Gasteiger partial charge in [-0.1, -0.05) is 11.8 Å². The molecule has 0 aliphatic heterocycles. The van der Waals surface area contributed by atoms with Crippen molar-refractivity contribution < 1.29 is 9.50 Å². The molecule has 1 rings (SSSR count). The van der Waals surface area contributed by atoms with Crippen LogP contribution in [0.5, 0.6) is 0 Å². The fourth-order valence-corrected chi connectivity index (χ4v) is 0.895. The molecular formula is C10H13FN2O. The molecule has 0 atom stereocenters. The van der Waals surface area contributed by atoms with Crippen LogP contribution in [0.15, 0.2) is 6.20 Å². The van der Waals surface area contributed by atoms with E-state index in [-0.39, 0.29) is 5.56 Å². The normalized spacial score (nSPS) is 10.9. The van der Waals surface area contributed by atoms with Gasteiger partial charge in [0.05, 0.1) is 11.8 Å². The molecule has 0 unspecified atom stereocenters. The molecule has 0 aliphatic carbocycles. The second kappa shape index (κ2) is 3.81. The molecule has 0 aliphatic rings. The van der Waals surface area contributed by atoms with Gasteiger partial charge in [-0.15, -0.1) is 0 Å². The van der Waals surface area contributed by atoms with Crippen molar-refractivity contribution in [3.63, 3.8) is 0 Å². The van der Waals surface area contributed by atoms with E-state index < -0.39 is 11.5 Å². The maximum absolute atomic E-state index is 13.3. The van der Waals surface area contributed by atoms with E-state index >= 15 is 0 Å². The standard InChI is InChI=1S/C10H13FN2O/c1-4-13-9(11)8(7-12-13)5-6-10(2,3)14/h7,14H,4H2,1-3H3. The monoisotopic (exact) mass is 196 g/mol. The number of hydrogen-bond donors (Lipinski definition) is 1. The van der Waals surface area contributed by atoms with Gasteiger partial charge in [0.25, 0.3) is 0 Å². The Morgan fingerprint density at radius 2 is 2.29 bits per heavy atom. The largest absolute Gasteiger partial charge is 0.378 e. The first-order chi connectivity index (χ1) is 6.44. The predicted octanol–water partition coefficient (Wildman–Crippen LogP) is 1.16. The van der Waals surface area contributed by atoms with E-state index in [1.165, 1.54) is 10.9 Å². The summed E-state index contributed by atoms with van der Waals surface area (Å²) >= 11 is 0. The van der Waals surface area contributed by atoms with Crippen molar-refractivity contribution in [3.05, 3.63) is 17.7 Å². The highest BCUT2D eigenvalue weighted by molar-refractivity contribution is 5.33. The van der Waals surface area contributed by atoms with Crippen LogP contribution in [-0.4, -0.2) is 20.5 Å². The third-order valence-electron chi connectivity index (χ3n) is 1.58. The first-order valence-corrected chi connectivity index (χ1v) is 4.41. The highest BCUT2D eigenvalue weighted by Gasteiger charge is 2.09. The van der Waals surface area contributed by atoms with E-state index in [1.54, 1.807) is 20.8 Å². The van der Waals surface area contributed by atoms with Gasteiger partial charge in [-0.05, 0) is 20.8 Å². The SMILES string of the molecule is CCn1ncc(C#CC(C)(C)O)c1F. The molecule has 14 heavy (non-hydrogen) atoms. The Balaban J connectivity index is 2.97. The summed E-state index contributed by atoms with van der Waals surface area (Å²) in [6.07, 6.45) is 1.36. The third-order valence-corrected chi connectivity index (χ3v) is 1.58. The number of rotatable bonds is 1. The minimum atomic E-state index is -1.11. The molecule has 3 nitrogen and oxygen atoms in total. The minimum absolute atomic E-state index is 0.217. The minimum Gasteiger partial charge on any atom is -0.378 e. The summed E-state index contributed by atoms with van der Waals surface area (Å²) in [6, 6.07) is 0. The first kappa shape index (κ1) is 10.7. The second-order valence-electron chi connectivity index (χ2n) is 3.47. The molecule has 0 saturated carbocycles. The number of aliphatic hydroxyl groups is 1. The fraction of sp³-hybridized carbons (Fsp3) is 0.500. The maximum Gasteiger partial charge on any atom is 0.227 e. The lowest BCUT2D eigenvalue weighted by molar-refractivity contribution is 0.143. The van der Waals surface area contributed by atoms with Gasteiger partial charge >= 0.3 is 0 Å². The van der Waals surface area contributed by atoms with Crippen LogP contribution in [0.3, 0.4) is 0 Å². The van der Waals surface area contributed by atoms with Crippen molar-refractivity contribution in [2.45, 2.75) is 32.9 Å². The molecule has 4 heteroatoms. The predicted molar refractivity (Wildman–Crippen MR) is 51.0 cm³/mol. The zero-order valence-electron chi connectivity index (χ0n) is 8.50. The van der Waals surface area contributed by atoms with Crippen LogP contribution >= 0.6 is 0 Å². The van der Waals surface area contributed by atoms with E-state index in [4.69, 9.17) is 0 Å². The van der Waals surface area contributed by atoms with Crippen LogP contribution in [-0.2, 0) is 6.54 Å². The molecule has 1 aromatic rings. The van der Waals surface area contributed by atoms with Crippen LogP contribution in [0.1, 0.15) is 26.3 Å². The molecule has 0 amide bonds. The van der Waals surface area contributed by atoms with Gasteiger partial charge in [0.1, 0.15) is 5.60 Å². The Hall–Kier alpha value is -1.34. The zero-order valence-corrected chi connectivity index (χ0v) is 8.50. The van der Waals surface area contributed by atoms with Gasteiger partial charge in [-0.25, -0.2) is 4.68 Å². The quantitative estimate of drug-likeness (QED) is 0.684. The average Bonchev–Trinajstić information content (AvgIpc) is 2.42. The first-order valence-electron chi connectivity index (χ1n) is 4.41. The van der Waals surface area contributed by atoms with E-state index in [2.05, 4.69) is 16.9 Å². The second-order valence-corrected chi connectivity index (χ2v) is 3.47. The highest BCUT2D eigenvalue weighted by atomic mass is 19.1. The summed E-state index contributed by atoms with van der Waals surface area (Å²) in [5.74, 6) is 4.62. The van der Waals surface area contributed by atoms with Crippen LogP contribution < -0.4 is 0 Å². The van der Waals surface area contributed by atoms with Crippen molar-refractivity contribution in [1.82, 2.24) is 9.78 Å². The third kappa shape index (κ3) is 2.57. The van der Waals surface area contributed by atoms with Gasteiger partial charge < -0.3 is 5.11 Å². The van der Waals surface area contributed by atoms with Crippen LogP contribution in [0, 0.1) is 17.8 Å². The van der Waals surface area contributed by atoms with Crippen LogP contribution in [0.25, 0.3) is 0 Å². The summed E-state index contributed by atoms with van der Waals surface area (Å²) < 4.78 is 14.5. The topological polar surface area (TPSA) is 38.0 Å². The number of halogens is 1. The van der Waals surface area contributed by atoms with E-state index in [1.807, 2.05) is 0 Å². The maximum atomic E-state index is 13.3. The number of aromatic nitrogens is 2.